The Kier molecular flexibility index (Phi) is 5.60. The summed E-state index contributed by atoms with van der Waals surface area (Å²) >= 11 is 5.85. The summed E-state index contributed by atoms with van der Waals surface area (Å²) in [5.74, 6) is 0.527. The first kappa shape index (κ1) is 15.8. The molecular weight excluding hydrogens is 264 g/mol. The molecule has 1 N–H and O–H groups in total. The van der Waals surface area contributed by atoms with Gasteiger partial charge in [0.15, 0.2) is 5.69 Å². The van der Waals surface area contributed by atoms with Crippen LogP contribution in [-0.4, -0.2) is 29.1 Å². The maximum absolute atomic E-state index is 11.1. The second kappa shape index (κ2) is 6.75. The van der Waals surface area contributed by atoms with Crippen molar-refractivity contribution in [3.63, 3.8) is 0 Å². The number of aromatic nitrogens is 1. The largest absolute Gasteiger partial charge is 0.476 e. The number of halogens is 1. The van der Waals surface area contributed by atoms with Crippen molar-refractivity contribution in [1.82, 2.24) is 4.98 Å². The molecule has 0 fully saturated rings. The molecule has 0 aromatic carbocycles. The maximum atomic E-state index is 11.1. The highest BCUT2D eigenvalue weighted by Gasteiger charge is 2.16. The van der Waals surface area contributed by atoms with E-state index in [1.54, 1.807) is 12.1 Å². The topological polar surface area (TPSA) is 53.4 Å². The zero-order valence-electron chi connectivity index (χ0n) is 11.9. The van der Waals surface area contributed by atoms with Crippen LogP contribution in [0.1, 0.15) is 38.2 Å². The van der Waals surface area contributed by atoms with Gasteiger partial charge >= 0.3 is 5.97 Å². The predicted octanol–water partition coefficient (Wildman–Crippen LogP) is 3.55. The summed E-state index contributed by atoms with van der Waals surface area (Å²) in [5.41, 5.74) is -0.0864. The zero-order valence-corrected chi connectivity index (χ0v) is 12.6. The maximum Gasteiger partial charge on any atom is 0.356 e. The molecule has 1 rings (SSSR count). The Bertz CT molecular complexity index is 437. The molecular formula is C14H21ClN2O2. The smallest absolute Gasteiger partial charge is 0.356 e. The minimum absolute atomic E-state index is 0.0864. The van der Waals surface area contributed by atoms with Gasteiger partial charge in [-0.1, -0.05) is 39.3 Å². The number of carbonyl (C=O) groups is 1. The lowest BCUT2D eigenvalue weighted by Crippen LogP contribution is -2.32. The Morgan fingerprint density at radius 2 is 1.79 bits per heavy atom. The lowest BCUT2D eigenvalue weighted by atomic mass is 10.1. The summed E-state index contributed by atoms with van der Waals surface area (Å²) in [6.07, 6.45) is 0. The van der Waals surface area contributed by atoms with Crippen molar-refractivity contribution in [3.8, 4) is 0 Å². The normalized spacial score (nSPS) is 11.1. The summed E-state index contributed by atoms with van der Waals surface area (Å²) in [6.45, 7) is 10.2. The van der Waals surface area contributed by atoms with E-state index < -0.39 is 5.97 Å². The highest BCUT2D eigenvalue weighted by atomic mass is 35.5. The van der Waals surface area contributed by atoms with Crippen LogP contribution in [0.4, 0.5) is 5.82 Å². The molecule has 0 saturated heterocycles. The molecule has 0 spiro atoms. The molecule has 1 aromatic rings. The number of hydrogen-bond donors (Lipinski definition) is 1. The van der Waals surface area contributed by atoms with Crippen LogP contribution in [0.15, 0.2) is 12.1 Å². The Hall–Kier alpha value is -1.29. The Morgan fingerprint density at radius 1 is 1.26 bits per heavy atom. The first-order valence-electron chi connectivity index (χ1n) is 6.46. The van der Waals surface area contributed by atoms with Crippen LogP contribution in [0.5, 0.6) is 0 Å². The van der Waals surface area contributed by atoms with E-state index in [1.165, 1.54) is 0 Å². The summed E-state index contributed by atoms with van der Waals surface area (Å²) in [6, 6.07) is 3.38. The Labute approximate surface area is 119 Å². The van der Waals surface area contributed by atoms with Crippen molar-refractivity contribution in [3.05, 3.63) is 22.8 Å². The van der Waals surface area contributed by atoms with Gasteiger partial charge in [0.2, 0.25) is 0 Å². The predicted molar refractivity (Wildman–Crippen MR) is 78.1 cm³/mol. The van der Waals surface area contributed by atoms with Gasteiger partial charge in [0.1, 0.15) is 5.82 Å². The lowest BCUT2D eigenvalue weighted by molar-refractivity contribution is 0.0691. The molecule has 0 radical (unpaired) electrons. The third-order valence-electron chi connectivity index (χ3n) is 2.53. The van der Waals surface area contributed by atoms with Gasteiger partial charge < -0.3 is 10.0 Å². The van der Waals surface area contributed by atoms with E-state index >= 15 is 0 Å². The van der Waals surface area contributed by atoms with Crippen molar-refractivity contribution >= 4 is 23.4 Å². The number of carboxylic acid groups (broad SMARTS) is 1. The molecule has 0 atom stereocenters. The van der Waals surface area contributed by atoms with E-state index in [2.05, 4.69) is 37.6 Å². The SMILES string of the molecule is CC(C)CN(CC(C)C)c1ccc(Cl)c(C(=O)O)n1. The van der Waals surface area contributed by atoms with E-state index in [0.717, 1.165) is 13.1 Å². The average molecular weight is 285 g/mol. The van der Waals surface area contributed by atoms with E-state index in [4.69, 9.17) is 16.7 Å². The highest BCUT2D eigenvalue weighted by molar-refractivity contribution is 6.33. The molecule has 4 nitrogen and oxygen atoms in total. The molecule has 0 aliphatic carbocycles. The number of pyridine rings is 1. The van der Waals surface area contributed by atoms with Crippen molar-refractivity contribution in [1.29, 1.82) is 0 Å². The fourth-order valence-corrected chi connectivity index (χ4v) is 2.09. The molecule has 1 heterocycles. The van der Waals surface area contributed by atoms with Gasteiger partial charge in [0.25, 0.3) is 0 Å². The molecule has 19 heavy (non-hydrogen) atoms. The van der Waals surface area contributed by atoms with Crippen LogP contribution in [-0.2, 0) is 0 Å². The summed E-state index contributed by atoms with van der Waals surface area (Å²) < 4.78 is 0. The van der Waals surface area contributed by atoms with Gasteiger partial charge in [-0.25, -0.2) is 9.78 Å². The van der Waals surface area contributed by atoms with Crippen LogP contribution in [0, 0.1) is 11.8 Å². The molecule has 0 unspecified atom stereocenters. The summed E-state index contributed by atoms with van der Waals surface area (Å²) in [5, 5.41) is 9.24. The fraction of sp³-hybridized carbons (Fsp3) is 0.571. The second-order valence-corrected chi connectivity index (χ2v) is 5.90. The third-order valence-corrected chi connectivity index (χ3v) is 2.83. The van der Waals surface area contributed by atoms with Gasteiger partial charge in [-0.2, -0.15) is 0 Å². The van der Waals surface area contributed by atoms with Crippen LogP contribution >= 0.6 is 11.6 Å². The minimum atomic E-state index is -1.10. The van der Waals surface area contributed by atoms with Gasteiger partial charge in [-0.05, 0) is 24.0 Å². The second-order valence-electron chi connectivity index (χ2n) is 5.50. The highest BCUT2D eigenvalue weighted by Crippen LogP contribution is 2.21. The number of hydrogen-bond acceptors (Lipinski definition) is 3. The van der Waals surface area contributed by atoms with E-state index in [1.807, 2.05) is 0 Å². The first-order valence-corrected chi connectivity index (χ1v) is 6.83. The fourth-order valence-electron chi connectivity index (χ4n) is 1.90. The standard InChI is InChI=1S/C14H21ClN2O2/c1-9(2)7-17(8-10(3)4)12-6-5-11(15)13(16-12)14(18)19/h5-6,9-10H,7-8H2,1-4H3,(H,18,19). The van der Waals surface area contributed by atoms with E-state index in [-0.39, 0.29) is 10.7 Å². The average Bonchev–Trinajstić information content (AvgIpc) is 2.27. The minimum Gasteiger partial charge on any atom is -0.476 e. The van der Waals surface area contributed by atoms with Crippen LogP contribution in [0.2, 0.25) is 5.02 Å². The molecule has 5 heteroatoms. The quantitative estimate of drug-likeness (QED) is 0.868. The van der Waals surface area contributed by atoms with Gasteiger partial charge in [-0.15, -0.1) is 0 Å². The van der Waals surface area contributed by atoms with Crippen LogP contribution < -0.4 is 4.90 Å². The van der Waals surface area contributed by atoms with Crippen molar-refractivity contribution < 1.29 is 9.90 Å². The molecule has 0 saturated carbocycles. The number of nitrogens with zero attached hydrogens (tertiary/aromatic N) is 2. The molecule has 106 valence electrons. The molecule has 0 aliphatic rings. The monoisotopic (exact) mass is 284 g/mol. The van der Waals surface area contributed by atoms with Crippen LogP contribution in [0.25, 0.3) is 0 Å². The number of anilines is 1. The zero-order chi connectivity index (χ0) is 14.6. The Balaban J connectivity index is 3.07. The Morgan fingerprint density at radius 3 is 2.21 bits per heavy atom. The summed E-state index contributed by atoms with van der Waals surface area (Å²) in [7, 11) is 0. The molecule has 0 amide bonds. The summed E-state index contributed by atoms with van der Waals surface area (Å²) in [4.78, 5) is 17.4. The van der Waals surface area contributed by atoms with Gasteiger partial charge in [-0.3, -0.25) is 0 Å². The molecule has 1 aromatic heterocycles. The molecule has 0 aliphatic heterocycles. The van der Waals surface area contributed by atoms with E-state index in [9.17, 15) is 4.79 Å². The number of rotatable bonds is 6. The first-order chi connectivity index (χ1) is 8.81. The van der Waals surface area contributed by atoms with Gasteiger partial charge in [0.05, 0.1) is 5.02 Å². The molecule has 0 bridgehead atoms. The van der Waals surface area contributed by atoms with Crippen molar-refractivity contribution in [2.75, 3.05) is 18.0 Å². The number of carboxylic acids is 1. The van der Waals surface area contributed by atoms with E-state index in [0.29, 0.717) is 17.7 Å². The van der Waals surface area contributed by atoms with Crippen molar-refractivity contribution in [2.24, 2.45) is 11.8 Å². The van der Waals surface area contributed by atoms with Crippen LogP contribution in [0.3, 0.4) is 0 Å². The third kappa shape index (κ3) is 4.71. The van der Waals surface area contributed by atoms with Gasteiger partial charge in [0, 0.05) is 13.1 Å². The number of aromatic carboxylic acids is 1. The van der Waals surface area contributed by atoms with Crippen molar-refractivity contribution in [2.45, 2.75) is 27.7 Å². The lowest BCUT2D eigenvalue weighted by Gasteiger charge is -2.27.